The SMILES string of the molecule is Cc1cc(=O)c(C(=O)N[C@@H](CCO)c2ccccc2)c[nH]1. The molecule has 5 heteroatoms. The van der Waals surface area contributed by atoms with Gasteiger partial charge in [-0.2, -0.15) is 0 Å². The molecule has 5 nitrogen and oxygen atoms in total. The first-order chi connectivity index (χ1) is 10.1. The van der Waals surface area contributed by atoms with Gasteiger partial charge in [-0.05, 0) is 18.9 Å². The van der Waals surface area contributed by atoms with E-state index in [0.29, 0.717) is 12.1 Å². The zero-order chi connectivity index (χ0) is 15.2. The van der Waals surface area contributed by atoms with Gasteiger partial charge in [0.05, 0.1) is 6.04 Å². The summed E-state index contributed by atoms with van der Waals surface area (Å²) in [6.45, 7) is 1.70. The number of rotatable bonds is 5. The van der Waals surface area contributed by atoms with E-state index in [2.05, 4.69) is 10.3 Å². The number of benzene rings is 1. The highest BCUT2D eigenvalue weighted by molar-refractivity contribution is 5.94. The summed E-state index contributed by atoms with van der Waals surface area (Å²) in [6.07, 6.45) is 1.80. The lowest BCUT2D eigenvalue weighted by Crippen LogP contribution is -2.32. The molecule has 0 aliphatic heterocycles. The highest BCUT2D eigenvalue weighted by atomic mass is 16.3. The van der Waals surface area contributed by atoms with Crippen molar-refractivity contribution in [3.05, 3.63) is 69.6 Å². The molecule has 0 aliphatic rings. The standard InChI is InChI=1S/C16H18N2O3/c1-11-9-15(20)13(10-17-11)16(21)18-14(7-8-19)12-5-3-2-4-6-12/h2-6,9-10,14,19H,7-8H2,1H3,(H,17,20)(H,18,21)/t14-/m0/s1. The van der Waals surface area contributed by atoms with Crippen molar-refractivity contribution in [1.82, 2.24) is 10.3 Å². The van der Waals surface area contributed by atoms with Gasteiger partial charge in [0.15, 0.2) is 5.43 Å². The molecular formula is C16H18N2O3. The molecule has 2 aromatic rings. The molecule has 0 bridgehead atoms. The van der Waals surface area contributed by atoms with Crippen LogP contribution in [-0.2, 0) is 0 Å². The van der Waals surface area contributed by atoms with Crippen molar-refractivity contribution >= 4 is 5.91 Å². The molecular weight excluding hydrogens is 268 g/mol. The number of H-pyrrole nitrogens is 1. The molecule has 1 atom stereocenters. The van der Waals surface area contributed by atoms with Gasteiger partial charge < -0.3 is 15.4 Å². The maximum absolute atomic E-state index is 12.2. The number of amides is 1. The summed E-state index contributed by atoms with van der Waals surface area (Å²) in [7, 11) is 0. The van der Waals surface area contributed by atoms with Crippen LogP contribution >= 0.6 is 0 Å². The number of hydrogen-bond donors (Lipinski definition) is 3. The quantitative estimate of drug-likeness (QED) is 0.779. The van der Waals surface area contributed by atoms with Gasteiger partial charge in [-0.15, -0.1) is 0 Å². The third-order valence-corrected chi connectivity index (χ3v) is 3.23. The van der Waals surface area contributed by atoms with Crippen LogP contribution in [-0.4, -0.2) is 22.6 Å². The second-order valence-corrected chi connectivity index (χ2v) is 4.84. The van der Waals surface area contributed by atoms with Gasteiger partial charge >= 0.3 is 0 Å². The molecule has 0 saturated carbocycles. The van der Waals surface area contributed by atoms with Crippen LogP contribution in [0.1, 0.15) is 34.1 Å². The molecule has 21 heavy (non-hydrogen) atoms. The van der Waals surface area contributed by atoms with Crippen molar-refractivity contribution in [2.45, 2.75) is 19.4 Å². The Morgan fingerprint density at radius 1 is 1.33 bits per heavy atom. The number of nitrogens with one attached hydrogen (secondary N) is 2. The molecule has 1 aromatic heterocycles. The average Bonchev–Trinajstić information content (AvgIpc) is 2.47. The van der Waals surface area contributed by atoms with Gasteiger partial charge in [0.2, 0.25) is 0 Å². The van der Waals surface area contributed by atoms with E-state index in [1.807, 2.05) is 30.3 Å². The van der Waals surface area contributed by atoms with Gasteiger partial charge in [0, 0.05) is 24.6 Å². The summed E-state index contributed by atoms with van der Waals surface area (Å²) in [5.74, 6) is -0.446. The Kier molecular flexibility index (Phi) is 4.90. The lowest BCUT2D eigenvalue weighted by molar-refractivity contribution is 0.0928. The monoisotopic (exact) mass is 286 g/mol. The van der Waals surface area contributed by atoms with Gasteiger partial charge in [-0.1, -0.05) is 30.3 Å². The third kappa shape index (κ3) is 3.79. The van der Waals surface area contributed by atoms with E-state index in [9.17, 15) is 9.59 Å². The molecule has 0 saturated heterocycles. The number of aromatic amines is 1. The normalized spacial score (nSPS) is 11.9. The maximum Gasteiger partial charge on any atom is 0.257 e. The van der Waals surface area contributed by atoms with Crippen LogP contribution in [0.25, 0.3) is 0 Å². The summed E-state index contributed by atoms with van der Waals surface area (Å²) >= 11 is 0. The number of carbonyl (C=O) groups is 1. The Bertz CT molecular complexity index is 665. The van der Waals surface area contributed by atoms with Crippen molar-refractivity contribution < 1.29 is 9.90 Å². The number of hydrogen-bond acceptors (Lipinski definition) is 3. The van der Waals surface area contributed by atoms with Crippen molar-refractivity contribution in [2.75, 3.05) is 6.61 Å². The molecule has 1 amide bonds. The maximum atomic E-state index is 12.2. The molecule has 1 heterocycles. The first-order valence-electron chi connectivity index (χ1n) is 6.78. The van der Waals surface area contributed by atoms with E-state index in [-0.39, 0.29) is 23.6 Å². The van der Waals surface area contributed by atoms with E-state index < -0.39 is 5.91 Å². The van der Waals surface area contributed by atoms with E-state index in [0.717, 1.165) is 5.56 Å². The highest BCUT2D eigenvalue weighted by Crippen LogP contribution is 2.16. The smallest absolute Gasteiger partial charge is 0.257 e. The van der Waals surface area contributed by atoms with E-state index in [1.54, 1.807) is 6.92 Å². The molecule has 110 valence electrons. The summed E-state index contributed by atoms with van der Waals surface area (Å²) in [5, 5.41) is 11.9. The largest absolute Gasteiger partial charge is 0.396 e. The van der Waals surface area contributed by atoms with Crippen molar-refractivity contribution in [2.24, 2.45) is 0 Å². The van der Waals surface area contributed by atoms with Crippen molar-refractivity contribution in [1.29, 1.82) is 0 Å². The first kappa shape index (κ1) is 15.0. The number of carbonyl (C=O) groups excluding carboxylic acids is 1. The van der Waals surface area contributed by atoms with Crippen molar-refractivity contribution in [3.63, 3.8) is 0 Å². The van der Waals surface area contributed by atoms with Crippen LogP contribution in [0.15, 0.2) is 47.4 Å². The van der Waals surface area contributed by atoms with E-state index in [1.165, 1.54) is 12.3 Å². The second kappa shape index (κ2) is 6.85. The second-order valence-electron chi connectivity index (χ2n) is 4.84. The predicted molar refractivity (Wildman–Crippen MR) is 80.2 cm³/mol. The predicted octanol–water partition coefficient (Wildman–Crippen LogP) is 1.54. The molecule has 0 unspecified atom stereocenters. The van der Waals surface area contributed by atoms with E-state index in [4.69, 9.17) is 5.11 Å². The van der Waals surface area contributed by atoms with Crippen LogP contribution in [0.3, 0.4) is 0 Å². The zero-order valence-corrected chi connectivity index (χ0v) is 11.8. The molecule has 0 spiro atoms. The lowest BCUT2D eigenvalue weighted by Gasteiger charge is -2.18. The Hall–Kier alpha value is -2.40. The minimum atomic E-state index is -0.446. The fraction of sp³-hybridized carbons (Fsp3) is 0.250. The Balaban J connectivity index is 2.21. The van der Waals surface area contributed by atoms with Gasteiger partial charge in [0.25, 0.3) is 5.91 Å². The summed E-state index contributed by atoms with van der Waals surface area (Å²) in [4.78, 5) is 26.9. The molecule has 1 aromatic carbocycles. The Morgan fingerprint density at radius 3 is 2.67 bits per heavy atom. The number of aryl methyl sites for hydroxylation is 1. The fourth-order valence-corrected chi connectivity index (χ4v) is 2.12. The number of aliphatic hydroxyl groups is 1. The summed E-state index contributed by atoms with van der Waals surface area (Å²) in [6, 6.07) is 10.4. The molecule has 0 aliphatic carbocycles. The van der Waals surface area contributed by atoms with Crippen LogP contribution in [0.5, 0.6) is 0 Å². The lowest BCUT2D eigenvalue weighted by atomic mass is 10.0. The fourth-order valence-electron chi connectivity index (χ4n) is 2.12. The molecule has 3 N–H and O–H groups in total. The van der Waals surface area contributed by atoms with Gasteiger partial charge in [-0.25, -0.2) is 0 Å². The Morgan fingerprint density at radius 2 is 2.05 bits per heavy atom. The zero-order valence-electron chi connectivity index (χ0n) is 11.8. The van der Waals surface area contributed by atoms with Crippen molar-refractivity contribution in [3.8, 4) is 0 Å². The molecule has 0 fully saturated rings. The van der Waals surface area contributed by atoms with Crippen LogP contribution in [0.4, 0.5) is 0 Å². The Labute approximate surface area is 122 Å². The molecule has 2 rings (SSSR count). The number of aromatic nitrogens is 1. The first-order valence-corrected chi connectivity index (χ1v) is 6.78. The summed E-state index contributed by atoms with van der Waals surface area (Å²) in [5.41, 5.74) is 1.34. The summed E-state index contributed by atoms with van der Waals surface area (Å²) < 4.78 is 0. The highest BCUT2D eigenvalue weighted by Gasteiger charge is 2.17. The van der Waals surface area contributed by atoms with Gasteiger partial charge in [0.1, 0.15) is 5.56 Å². The number of pyridine rings is 1. The average molecular weight is 286 g/mol. The topological polar surface area (TPSA) is 82.2 Å². The van der Waals surface area contributed by atoms with Crippen LogP contribution < -0.4 is 10.7 Å². The van der Waals surface area contributed by atoms with Gasteiger partial charge in [-0.3, -0.25) is 9.59 Å². The number of aliphatic hydroxyl groups excluding tert-OH is 1. The van der Waals surface area contributed by atoms with E-state index >= 15 is 0 Å². The molecule has 0 radical (unpaired) electrons. The van der Waals surface area contributed by atoms with Crippen LogP contribution in [0.2, 0.25) is 0 Å². The van der Waals surface area contributed by atoms with Crippen LogP contribution in [0, 0.1) is 6.92 Å². The minimum Gasteiger partial charge on any atom is -0.396 e. The third-order valence-electron chi connectivity index (χ3n) is 3.23. The minimum absolute atomic E-state index is 0.0515.